The molecule has 0 unspecified atom stereocenters. The van der Waals surface area contributed by atoms with Gasteiger partial charge >= 0.3 is 0 Å². The third-order valence-electron chi connectivity index (χ3n) is 10.0. The molecule has 0 spiro atoms. The van der Waals surface area contributed by atoms with Gasteiger partial charge in [0, 0.05) is 44.0 Å². The van der Waals surface area contributed by atoms with Gasteiger partial charge in [-0.3, -0.25) is 0 Å². The second kappa shape index (κ2) is 9.22. The first-order chi connectivity index (χ1) is 22.6. The van der Waals surface area contributed by atoms with Crippen LogP contribution in [0.1, 0.15) is 0 Å². The molecule has 0 radical (unpaired) electrons. The number of benzene rings is 7. The smallest absolute Gasteiger partial charge is 0.143 e. The maximum atomic E-state index is 6.47. The van der Waals surface area contributed by atoms with E-state index in [1.165, 1.54) is 37.7 Å². The van der Waals surface area contributed by atoms with Crippen LogP contribution in [0.3, 0.4) is 0 Å². The number of fused-ring (bicyclic) bond motifs is 12. The van der Waals surface area contributed by atoms with E-state index < -0.39 is 8.07 Å². The SMILES string of the molecule is C[Si]1(C)c2cc(N(c3ccccc3)c3ccc4oc5c6ccccc6ccc5c4c3)ccc2-c2c1ccc1oc3ccccc3c21. The second-order valence-corrected chi connectivity index (χ2v) is 17.3. The highest BCUT2D eigenvalue weighted by Crippen LogP contribution is 2.43. The summed E-state index contributed by atoms with van der Waals surface area (Å²) < 4.78 is 12.8. The first-order valence-corrected chi connectivity index (χ1v) is 18.9. The summed E-state index contributed by atoms with van der Waals surface area (Å²) in [6.07, 6.45) is 0. The average Bonchev–Trinajstić information content (AvgIpc) is 3.73. The number of anilines is 3. The van der Waals surface area contributed by atoms with Crippen LogP contribution in [0.25, 0.3) is 65.8 Å². The molecule has 0 bridgehead atoms. The molecule has 3 nitrogen and oxygen atoms in total. The first-order valence-electron chi connectivity index (χ1n) is 15.9. The maximum absolute atomic E-state index is 6.47. The fourth-order valence-electron chi connectivity index (χ4n) is 7.82. The standard InChI is InChI=1S/C42H29NO2Si/c1-46(2)38-23-22-37-40(32-14-8-9-15-35(32)44-37)41(38)33-20-17-29(25-39(33)46)43(27-11-4-3-5-12-27)28-18-21-36-34(24-28)31-19-16-26-10-6-7-13-30(26)42(31)45-36/h3-25H,1-2H3. The van der Waals surface area contributed by atoms with Gasteiger partial charge in [-0.15, -0.1) is 0 Å². The predicted octanol–water partition coefficient (Wildman–Crippen LogP) is 10.9. The molecule has 10 rings (SSSR count). The molecule has 7 aromatic carbocycles. The van der Waals surface area contributed by atoms with Gasteiger partial charge in [-0.1, -0.05) is 92.0 Å². The van der Waals surface area contributed by atoms with E-state index in [0.29, 0.717) is 0 Å². The summed E-state index contributed by atoms with van der Waals surface area (Å²) in [5.74, 6) is 0. The third kappa shape index (κ3) is 3.47. The lowest BCUT2D eigenvalue weighted by Gasteiger charge is -2.27. The van der Waals surface area contributed by atoms with Crippen molar-refractivity contribution in [3.05, 3.63) is 140 Å². The van der Waals surface area contributed by atoms with Gasteiger partial charge < -0.3 is 13.7 Å². The zero-order chi connectivity index (χ0) is 30.6. The van der Waals surface area contributed by atoms with Gasteiger partial charge in [-0.25, -0.2) is 0 Å². The molecule has 46 heavy (non-hydrogen) atoms. The van der Waals surface area contributed by atoms with Crippen LogP contribution in [0.5, 0.6) is 0 Å². The number of furan rings is 2. The molecule has 1 aliphatic rings. The van der Waals surface area contributed by atoms with Crippen LogP contribution in [0.15, 0.2) is 148 Å². The zero-order valence-corrected chi connectivity index (χ0v) is 26.5. The largest absolute Gasteiger partial charge is 0.456 e. The molecule has 2 aromatic heterocycles. The van der Waals surface area contributed by atoms with Crippen LogP contribution in [-0.2, 0) is 0 Å². The Bertz CT molecular complexity index is 2680. The fraction of sp³-hybridized carbons (Fsp3) is 0.0476. The van der Waals surface area contributed by atoms with Crippen molar-refractivity contribution >= 4 is 90.2 Å². The lowest BCUT2D eigenvalue weighted by molar-refractivity contribution is 0.669. The molecule has 0 saturated heterocycles. The topological polar surface area (TPSA) is 29.5 Å². The number of hydrogen-bond acceptors (Lipinski definition) is 3. The predicted molar refractivity (Wildman–Crippen MR) is 195 cm³/mol. The normalized spacial score (nSPS) is 13.6. The van der Waals surface area contributed by atoms with Crippen molar-refractivity contribution in [2.75, 3.05) is 4.90 Å². The van der Waals surface area contributed by atoms with Crippen molar-refractivity contribution in [2.45, 2.75) is 13.1 Å². The molecule has 0 fully saturated rings. The van der Waals surface area contributed by atoms with Crippen molar-refractivity contribution < 1.29 is 8.83 Å². The molecule has 1 aliphatic heterocycles. The monoisotopic (exact) mass is 607 g/mol. The maximum Gasteiger partial charge on any atom is 0.143 e. The van der Waals surface area contributed by atoms with E-state index >= 15 is 0 Å². The Kier molecular flexibility index (Phi) is 5.16. The number of hydrogen-bond donors (Lipinski definition) is 0. The van der Waals surface area contributed by atoms with Gasteiger partial charge in [-0.2, -0.15) is 0 Å². The molecule has 0 amide bonds. The van der Waals surface area contributed by atoms with Crippen molar-refractivity contribution in [1.29, 1.82) is 0 Å². The van der Waals surface area contributed by atoms with Crippen LogP contribution in [0, 0.1) is 0 Å². The molecule has 9 aromatic rings. The molecule has 0 aliphatic carbocycles. The van der Waals surface area contributed by atoms with Crippen molar-refractivity contribution in [2.24, 2.45) is 0 Å². The van der Waals surface area contributed by atoms with E-state index in [1.54, 1.807) is 0 Å². The van der Waals surface area contributed by atoms with E-state index in [2.05, 4.69) is 151 Å². The Balaban J connectivity index is 1.19. The number of nitrogens with zero attached hydrogens (tertiary/aromatic N) is 1. The quantitative estimate of drug-likeness (QED) is 0.187. The first kappa shape index (κ1) is 25.7. The summed E-state index contributed by atoms with van der Waals surface area (Å²) in [5.41, 5.74) is 9.82. The van der Waals surface area contributed by atoms with Gasteiger partial charge in [0.05, 0.1) is 0 Å². The average molecular weight is 608 g/mol. The highest BCUT2D eigenvalue weighted by Gasteiger charge is 2.39. The highest BCUT2D eigenvalue weighted by atomic mass is 28.3. The number of para-hydroxylation sites is 2. The summed E-state index contributed by atoms with van der Waals surface area (Å²) in [7, 11) is -2.02. The van der Waals surface area contributed by atoms with Crippen LogP contribution >= 0.6 is 0 Å². The summed E-state index contributed by atoms with van der Waals surface area (Å²) in [4.78, 5) is 2.38. The van der Waals surface area contributed by atoms with E-state index in [4.69, 9.17) is 8.83 Å². The lowest BCUT2D eigenvalue weighted by atomic mass is 9.99. The molecule has 0 N–H and O–H groups in total. The summed E-state index contributed by atoms with van der Waals surface area (Å²) in [6, 6.07) is 50.1. The van der Waals surface area contributed by atoms with Crippen LogP contribution in [0.4, 0.5) is 17.1 Å². The minimum absolute atomic E-state index is 0.900. The van der Waals surface area contributed by atoms with E-state index in [-0.39, 0.29) is 0 Å². The van der Waals surface area contributed by atoms with E-state index in [9.17, 15) is 0 Å². The fourth-order valence-corrected chi connectivity index (χ4v) is 10.9. The molecule has 4 heteroatoms. The Hall–Kier alpha value is -5.58. The number of rotatable bonds is 3. The zero-order valence-electron chi connectivity index (χ0n) is 25.5. The molecule has 0 saturated carbocycles. The van der Waals surface area contributed by atoms with Crippen LogP contribution < -0.4 is 15.3 Å². The molecule has 3 heterocycles. The van der Waals surface area contributed by atoms with Crippen LogP contribution in [-0.4, -0.2) is 8.07 Å². The van der Waals surface area contributed by atoms with Crippen molar-refractivity contribution in [3.8, 4) is 11.1 Å². The van der Waals surface area contributed by atoms with Gasteiger partial charge in [0.15, 0.2) is 0 Å². The minimum atomic E-state index is -2.02. The molecular formula is C42H29NO2Si. The molecular weight excluding hydrogens is 579 g/mol. The van der Waals surface area contributed by atoms with Gasteiger partial charge in [0.2, 0.25) is 0 Å². The van der Waals surface area contributed by atoms with E-state index in [0.717, 1.165) is 55.6 Å². The van der Waals surface area contributed by atoms with Crippen molar-refractivity contribution in [3.63, 3.8) is 0 Å². The Labute approximate surface area is 266 Å². The van der Waals surface area contributed by atoms with E-state index in [1.807, 2.05) is 6.07 Å². The van der Waals surface area contributed by atoms with Gasteiger partial charge in [0.1, 0.15) is 30.4 Å². The van der Waals surface area contributed by atoms with Gasteiger partial charge in [-0.05, 0) is 87.6 Å². The molecule has 218 valence electrons. The Morgan fingerprint density at radius 1 is 0.478 bits per heavy atom. The van der Waals surface area contributed by atoms with Gasteiger partial charge in [0.25, 0.3) is 0 Å². The molecule has 0 atom stereocenters. The summed E-state index contributed by atoms with van der Waals surface area (Å²) in [5, 5.41) is 9.95. The summed E-state index contributed by atoms with van der Waals surface area (Å²) >= 11 is 0. The second-order valence-electron chi connectivity index (χ2n) is 12.9. The minimum Gasteiger partial charge on any atom is -0.456 e. The Morgan fingerprint density at radius 2 is 1.20 bits per heavy atom. The lowest BCUT2D eigenvalue weighted by Crippen LogP contribution is -2.49. The van der Waals surface area contributed by atoms with Crippen LogP contribution in [0.2, 0.25) is 13.1 Å². The highest BCUT2D eigenvalue weighted by molar-refractivity contribution is 7.04. The third-order valence-corrected chi connectivity index (χ3v) is 13.6. The van der Waals surface area contributed by atoms with Crippen molar-refractivity contribution in [1.82, 2.24) is 0 Å². The summed E-state index contributed by atoms with van der Waals surface area (Å²) in [6.45, 7) is 4.97. The Morgan fingerprint density at radius 3 is 2.09 bits per heavy atom.